The first-order chi connectivity index (χ1) is 11.6. The molecule has 0 fully saturated rings. The lowest BCUT2D eigenvalue weighted by Crippen LogP contribution is -2.38. The third-order valence-corrected chi connectivity index (χ3v) is 3.42. The van der Waals surface area contributed by atoms with Gasteiger partial charge in [-0.1, -0.05) is 18.2 Å². The molecule has 0 atom stereocenters. The molecule has 2 rings (SSSR count). The summed E-state index contributed by atoms with van der Waals surface area (Å²) in [4.78, 5) is 10.8. The maximum atomic E-state index is 13.3. The van der Waals surface area contributed by atoms with Crippen LogP contribution in [0.3, 0.4) is 0 Å². The summed E-state index contributed by atoms with van der Waals surface area (Å²) < 4.78 is 18.4. The quantitative estimate of drug-likeness (QED) is 0.410. The Labute approximate surface area is 165 Å². The van der Waals surface area contributed by atoms with Gasteiger partial charge in [0.05, 0.1) is 13.7 Å². The van der Waals surface area contributed by atoms with Gasteiger partial charge in [-0.05, 0) is 30.2 Å². The van der Waals surface area contributed by atoms with E-state index in [0.29, 0.717) is 19.0 Å². The molecule has 0 aliphatic rings. The number of aromatic nitrogens is 1. The van der Waals surface area contributed by atoms with Crippen molar-refractivity contribution in [1.82, 2.24) is 15.2 Å². The fourth-order valence-electron chi connectivity index (χ4n) is 2.25. The molecule has 25 heavy (non-hydrogen) atoms. The predicted octanol–water partition coefficient (Wildman–Crippen LogP) is 3.44. The van der Waals surface area contributed by atoms with Crippen molar-refractivity contribution >= 4 is 29.9 Å². The predicted molar refractivity (Wildman–Crippen MR) is 109 cm³/mol. The lowest BCUT2D eigenvalue weighted by atomic mass is 10.2. The second-order valence-corrected chi connectivity index (χ2v) is 5.36. The first kappa shape index (κ1) is 21.1. The molecule has 0 saturated carbocycles. The Bertz CT molecular complexity index is 679. The molecule has 136 valence electrons. The zero-order valence-corrected chi connectivity index (χ0v) is 17.0. The Kier molecular flexibility index (Phi) is 9.18. The number of hydrogen-bond acceptors (Lipinski definition) is 3. The SMILES string of the molecule is CCNC(=NCc1ccc(OC)nc1)N(C)Cc1cccc(F)c1.I. The number of methoxy groups -OCH3 is 1. The molecular weight excluding hydrogens is 434 g/mol. The highest BCUT2D eigenvalue weighted by molar-refractivity contribution is 14.0. The summed E-state index contributed by atoms with van der Waals surface area (Å²) in [5.41, 5.74) is 1.89. The van der Waals surface area contributed by atoms with E-state index in [0.717, 1.165) is 23.6 Å². The summed E-state index contributed by atoms with van der Waals surface area (Å²) in [5.74, 6) is 1.11. The zero-order chi connectivity index (χ0) is 17.4. The molecule has 7 heteroatoms. The Morgan fingerprint density at radius 3 is 2.68 bits per heavy atom. The van der Waals surface area contributed by atoms with E-state index >= 15 is 0 Å². The molecule has 0 spiro atoms. The Morgan fingerprint density at radius 1 is 1.28 bits per heavy atom. The standard InChI is InChI=1S/C18H23FN4O.HI/c1-4-20-18(22-12-15-8-9-17(24-3)21-11-15)23(2)13-14-6-5-7-16(19)10-14;/h5-11H,4,12-13H2,1-3H3,(H,20,22);1H. The minimum Gasteiger partial charge on any atom is -0.481 e. The molecule has 0 saturated heterocycles. The van der Waals surface area contributed by atoms with Gasteiger partial charge < -0.3 is 15.0 Å². The van der Waals surface area contributed by atoms with Crippen LogP contribution in [0, 0.1) is 5.82 Å². The van der Waals surface area contributed by atoms with Gasteiger partial charge in [0.15, 0.2) is 5.96 Å². The number of hydrogen-bond donors (Lipinski definition) is 1. The Balaban J connectivity index is 0.00000312. The van der Waals surface area contributed by atoms with E-state index < -0.39 is 0 Å². The maximum absolute atomic E-state index is 13.3. The van der Waals surface area contributed by atoms with Gasteiger partial charge in [0, 0.05) is 32.4 Å². The van der Waals surface area contributed by atoms with E-state index in [1.165, 1.54) is 12.1 Å². The van der Waals surface area contributed by atoms with Gasteiger partial charge >= 0.3 is 0 Å². The van der Waals surface area contributed by atoms with E-state index in [1.54, 1.807) is 19.4 Å². The summed E-state index contributed by atoms with van der Waals surface area (Å²) in [6, 6.07) is 10.3. The van der Waals surface area contributed by atoms with Crippen molar-refractivity contribution in [3.05, 3.63) is 59.5 Å². The highest BCUT2D eigenvalue weighted by atomic mass is 127. The van der Waals surface area contributed by atoms with Gasteiger partial charge in [0.25, 0.3) is 0 Å². The van der Waals surface area contributed by atoms with Crippen molar-refractivity contribution in [1.29, 1.82) is 0 Å². The smallest absolute Gasteiger partial charge is 0.212 e. The highest BCUT2D eigenvalue weighted by Gasteiger charge is 2.07. The van der Waals surface area contributed by atoms with E-state index in [9.17, 15) is 4.39 Å². The van der Waals surface area contributed by atoms with Crippen molar-refractivity contribution in [2.45, 2.75) is 20.0 Å². The number of halogens is 2. The molecule has 2 aromatic rings. The molecule has 0 unspecified atom stereocenters. The van der Waals surface area contributed by atoms with Gasteiger partial charge in [0.2, 0.25) is 5.88 Å². The van der Waals surface area contributed by atoms with Crippen LogP contribution >= 0.6 is 24.0 Å². The number of nitrogens with one attached hydrogen (secondary N) is 1. The number of pyridine rings is 1. The molecule has 5 nitrogen and oxygen atoms in total. The van der Waals surface area contributed by atoms with Gasteiger partial charge in [-0.3, -0.25) is 0 Å². The number of rotatable bonds is 6. The Morgan fingerprint density at radius 2 is 2.08 bits per heavy atom. The summed E-state index contributed by atoms with van der Waals surface area (Å²) in [6.07, 6.45) is 1.75. The second-order valence-electron chi connectivity index (χ2n) is 5.36. The summed E-state index contributed by atoms with van der Waals surface area (Å²) >= 11 is 0. The van der Waals surface area contributed by atoms with Gasteiger partial charge in [0.1, 0.15) is 5.82 Å². The first-order valence-electron chi connectivity index (χ1n) is 7.85. The first-order valence-corrected chi connectivity index (χ1v) is 7.85. The van der Waals surface area contributed by atoms with Gasteiger partial charge in [-0.2, -0.15) is 0 Å². The molecule has 1 N–H and O–H groups in total. The van der Waals surface area contributed by atoms with E-state index in [4.69, 9.17) is 4.74 Å². The molecule has 1 aromatic carbocycles. The highest BCUT2D eigenvalue weighted by Crippen LogP contribution is 2.09. The molecule has 1 heterocycles. The van der Waals surface area contributed by atoms with Gasteiger partial charge in [-0.25, -0.2) is 14.4 Å². The van der Waals surface area contributed by atoms with Crippen LogP contribution in [0.15, 0.2) is 47.6 Å². The summed E-state index contributed by atoms with van der Waals surface area (Å²) in [7, 11) is 3.52. The number of ether oxygens (including phenoxy) is 1. The number of nitrogens with zero attached hydrogens (tertiary/aromatic N) is 3. The molecule has 0 radical (unpaired) electrons. The maximum Gasteiger partial charge on any atom is 0.212 e. The normalized spacial score (nSPS) is 10.8. The van der Waals surface area contributed by atoms with E-state index in [-0.39, 0.29) is 29.8 Å². The van der Waals surface area contributed by atoms with Crippen molar-refractivity contribution in [3.63, 3.8) is 0 Å². The van der Waals surface area contributed by atoms with Crippen LogP contribution < -0.4 is 10.1 Å². The topological polar surface area (TPSA) is 49.8 Å². The monoisotopic (exact) mass is 458 g/mol. The summed E-state index contributed by atoms with van der Waals surface area (Å²) in [6.45, 7) is 3.85. The second kappa shape index (κ2) is 10.9. The van der Waals surface area contributed by atoms with E-state index in [1.807, 2.05) is 37.1 Å². The third kappa shape index (κ3) is 6.85. The van der Waals surface area contributed by atoms with Crippen LogP contribution in [-0.2, 0) is 13.1 Å². The van der Waals surface area contributed by atoms with Crippen LogP contribution in [0.4, 0.5) is 4.39 Å². The van der Waals surface area contributed by atoms with Crippen molar-refractivity contribution < 1.29 is 9.13 Å². The number of aliphatic imine (C=N–C) groups is 1. The lowest BCUT2D eigenvalue weighted by molar-refractivity contribution is 0.397. The zero-order valence-electron chi connectivity index (χ0n) is 14.7. The molecule has 0 aliphatic heterocycles. The van der Waals surface area contributed by atoms with E-state index in [2.05, 4.69) is 15.3 Å². The average Bonchev–Trinajstić information content (AvgIpc) is 2.59. The molecule has 0 aliphatic carbocycles. The molecule has 1 aromatic heterocycles. The average molecular weight is 458 g/mol. The minimum atomic E-state index is -0.229. The van der Waals surface area contributed by atoms with Crippen LogP contribution in [0.5, 0.6) is 5.88 Å². The van der Waals surface area contributed by atoms with Crippen LogP contribution in [0.1, 0.15) is 18.1 Å². The van der Waals surface area contributed by atoms with Crippen LogP contribution in [0.25, 0.3) is 0 Å². The van der Waals surface area contributed by atoms with Crippen molar-refractivity contribution in [3.8, 4) is 5.88 Å². The number of benzene rings is 1. The fourth-order valence-corrected chi connectivity index (χ4v) is 2.25. The van der Waals surface area contributed by atoms with Crippen LogP contribution in [-0.4, -0.2) is 36.5 Å². The number of guanidine groups is 1. The third-order valence-electron chi connectivity index (χ3n) is 3.42. The lowest BCUT2D eigenvalue weighted by Gasteiger charge is -2.22. The largest absolute Gasteiger partial charge is 0.481 e. The summed E-state index contributed by atoms with van der Waals surface area (Å²) in [5, 5.41) is 3.25. The minimum absolute atomic E-state index is 0. The van der Waals surface area contributed by atoms with Crippen LogP contribution in [0.2, 0.25) is 0 Å². The molecule has 0 bridgehead atoms. The fraction of sp³-hybridized carbons (Fsp3) is 0.333. The van der Waals surface area contributed by atoms with Crippen molar-refractivity contribution in [2.75, 3.05) is 20.7 Å². The van der Waals surface area contributed by atoms with Gasteiger partial charge in [-0.15, -0.1) is 24.0 Å². The van der Waals surface area contributed by atoms with Crippen molar-refractivity contribution in [2.24, 2.45) is 4.99 Å². The molecule has 0 amide bonds. The molecular formula is C18H24FIN4O. The Hall–Kier alpha value is -1.90.